The van der Waals surface area contributed by atoms with Crippen molar-refractivity contribution in [3.63, 3.8) is 0 Å². The fourth-order valence-corrected chi connectivity index (χ4v) is 5.11. The molecule has 8 nitrogen and oxygen atoms in total. The highest BCUT2D eigenvalue weighted by Crippen LogP contribution is 2.43. The second-order valence-corrected chi connectivity index (χ2v) is 14.3. The van der Waals surface area contributed by atoms with Crippen molar-refractivity contribution in [2.75, 3.05) is 54.1 Å². The summed E-state index contributed by atoms with van der Waals surface area (Å²) in [5.74, 6) is -0.339. The Morgan fingerprint density at radius 2 is 1.26 bits per heavy atom. The minimum atomic E-state index is -4.25. The van der Waals surface area contributed by atoms with Gasteiger partial charge in [0.2, 0.25) is 0 Å². The third-order valence-electron chi connectivity index (χ3n) is 7.15. The Hall–Kier alpha value is -1.54. The number of nitrogens with zero attached hydrogens (tertiary/aromatic N) is 1. The molecule has 0 aliphatic heterocycles. The average Bonchev–Trinajstić information content (AvgIpc) is 2.99. The lowest BCUT2D eigenvalue weighted by atomic mass is 10.1. The van der Waals surface area contributed by atoms with E-state index in [1.165, 1.54) is 32.1 Å². The number of esters is 1. The number of unbranched alkanes of at least 4 members (excludes halogenated alkanes) is 10. The van der Waals surface area contributed by atoms with Gasteiger partial charge in [-0.25, -0.2) is 4.57 Å². The molecular weight excluding hydrogens is 601 g/mol. The maximum Gasteiger partial charge on any atom is 0.472 e. The van der Waals surface area contributed by atoms with Gasteiger partial charge in [0, 0.05) is 13.0 Å². The Balaban J connectivity index is 4.08. The SMILES string of the molecule is CC/C=C\C/C=C\C/C=C\C/C=C\CCCCCCCCCOCC(COP(=O)(O)OCC[N+](C)(C)C)OC(=O)CCCCCC. The number of rotatable bonds is 32. The molecule has 0 heterocycles. The monoisotopic (exact) mass is 670 g/mol. The van der Waals surface area contributed by atoms with Gasteiger partial charge in [-0.05, 0) is 51.4 Å². The van der Waals surface area contributed by atoms with E-state index >= 15 is 0 Å². The lowest BCUT2D eigenvalue weighted by Crippen LogP contribution is -2.37. The summed E-state index contributed by atoms with van der Waals surface area (Å²) >= 11 is 0. The van der Waals surface area contributed by atoms with E-state index < -0.39 is 13.9 Å². The van der Waals surface area contributed by atoms with Crippen LogP contribution in [-0.2, 0) is 27.9 Å². The van der Waals surface area contributed by atoms with Gasteiger partial charge in [-0.2, -0.15) is 0 Å². The van der Waals surface area contributed by atoms with E-state index in [2.05, 4.69) is 62.5 Å². The number of hydrogen-bond acceptors (Lipinski definition) is 6. The van der Waals surface area contributed by atoms with Crippen LogP contribution in [-0.4, -0.2) is 75.6 Å². The fraction of sp³-hybridized carbons (Fsp3) is 0.757. The van der Waals surface area contributed by atoms with Crippen LogP contribution in [0.5, 0.6) is 0 Å². The summed E-state index contributed by atoms with van der Waals surface area (Å²) in [6.07, 6.45) is 34.8. The number of carbonyl (C=O) groups is 1. The summed E-state index contributed by atoms with van der Waals surface area (Å²) < 4.78 is 34.5. The molecule has 0 fully saturated rings. The molecule has 0 bridgehead atoms. The Kier molecular flexibility index (Phi) is 29.7. The van der Waals surface area contributed by atoms with E-state index in [1.54, 1.807) is 0 Å². The lowest BCUT2D eigenvalue weighted by molar-refractivity contribution is -0.870. The normalized spacial score (nSPS) is 14.7. The van der Waals surface area contributed by atoms with Crippen LogP contribution in [0.3, 0.4) is 0 Å². The largest absolute Gasteiger partial charge is 0.472 e. The van der Waals surface area contributed by atoms with Gasteiger partial charge >= 0.3 is 13.8 Å². The molecule has 0 aromatic heterocycles. The number of hydrogen-bond donors (Lipinski definition) is 1. The summed E-state index contributed by atoms with van der Waals surface area (Å²) in [6.45, 7) is 5.33. The molecule has 0 spiro atoms. The fourth-order valence-electron chi connectivity index (χ4n) is 4.36. The highest BCUT2D eigenvalue weighted by atomic mass is 31.2. The van der Waals surface area contributed by atoms with Crippen molar-refractivity contribution in [3.05, 3.63) is 48.6 Å². The molecule has 0 aromatic carbocycles. The van der Waals surface area contributed by atoms with Crippen LogP contribution in [0.4, 0.5) is 0 Å². The Labute approximate surface area is 282 Å². The zero-order chi connectivity index (χ0) is 34.2. The van der Waals surface area contributed by atoms with Gasteiger partial charge in [0.15, 0.2) is 0 Å². The number of ether oxygens (including phenoxy) is 2. The van der Waals surface area contributed by atoms with E-state index in [-0.39, 0.29) is 25.8 Å². The van der Waals surface area contributed by atoms with E-state index in [0.29, 0.717) is 24.1 Å². The van der Waals surface area contributed by atoms with E-state index in [0.717, 1.165) is 70.6 Å². The molecule has 0 saturated carbocycles. The minimum Gasteiger partial charge on any atom is -0.457 e. The van der Waals surface area contributed by atoms with E-state index in [4.69, 9.17) is 18.5 Å². The van der Waals surface area contributed by atoms with Crippen LogP contribution in [0.25, 0.3) is 0 Å². The van der Waals surface area contributed by atoms with Gasteiger partial charge in [-0.15, -0.1) is 0 Å². The molecule has 0 aliphatic carbocycles. The molecule has 0 aromatic rings. The second-order valence-electron chi connectivity index (χ2n) is 12.9. The molecule has 2 unspecified atom stereocenters. The van der Waals surface area contributed by atoms with Crippen LogP contribution >= 0.6 is 7.82 Å². The molecule has 0 aliphatic rings. The van der Waals surface area contributed by atoms with Crippen molar-refractivity contribution in [2.24, 2.45) is 0 Å². The maximum atomic E-state index is 12.3. The van der Waals surface area contributed by atoms with Gasteiger partial charge in [0.05, 0.1) is 34.4 Å². The first-order chi connectivity index (χ1) is 22.1. The van der Waals surface area contributed by atoms with Gasteiger partial charge in [0.25, 0.3) is 0 Å². The zero-order valence-electron chi connectivity index (χ0n) is 30.0. The van der Waals surface area contributed by atoms with Crippen LogP contribution in [0, 0.1) is 0 Å². The molecule has 0 saturated heterocycles. The molecule has 46 heavy (non-hydrogen) atoms. The smallest absolute Gasteiger partial charge is 0.457 e. The number of quaternary nitrogens is 1. The predicted octanol–water partition coefficient (Wildman–Crippen LogP) is 9.65. The zero-order valence-corrected chi connectivity index (χ0v) is 30.9. The Bertz CT molecular complexity index is 879. The number of phosphoric ester groups is 1. The van der Waals surface area contributed by atoms with Crippen LogP contribution in [0.1, 0.15) is 123 Å². The highest BCUT2D eigenvalue weighted by molar-refractivity contribution is 7.47. The average molecular weight is 671 g/mol. The topological polar surface area (TPSA) is 91.3 Å². The van der Waals surface area contributed by atoms with E-state index in [9.17, 15) is 14.3 Å². The number of phosphoric acid groups is 1. The number of likely N-dealkylation sites (N-methyl/N-ethyl adjacent to an activating group) is 1. The van der Waals surface area contributed by atoms with Crippen molar-refractivity contribution in [1.29, 1.82) is 0 Å². The minimum absolute atomic E-state index is 0.0843. The van der Waals surface area contributed by atoms with E-state index in [1.807, 2.05) is 21.1 Å². The number of carbonyl (C=O) groups excluding carboxylic acids is 1. The van der Waals surface area contributed by atoms with Gasteiger partial charge in [-0.1, -0.05) is 114 Å². The standard InChI is InChI=1S/C37H68NO7P/c1-6-8-10-12-13-14-15-16-17-18-19-20-21-22-23-24-25-26-27-29-32-42-34-36(45-37(39)30-28-11-9-7-2)35-44-46(40,41)43-33-31-38(3,4)5/h8,10,13-14,16-17,19-20,36H,6-7,9,11-12,15,18,21-35H2,1-5H3/p+1/b10-8-,14-13-,17-16-,20-19-. The third kappa shape index (κ3) is 33.8. The predicted molar refractivity (Wildman–Crippen MR) is 192 cm³/mol. The van der Waals surface area contributed by atoms with Crippen molar-refractivity contribution >= 4 is 13.8 Å². The third-order valence-corrected chi connectivity index (χ3v) is 8.14. The second kappa shape index (κ2) is 30.8. The molecule has 0 rings (SSSR count). The van der Waals surface area contributed by atoms with Crippen LogP contribution in [0.15, 0.2) is 48.6 Å². The Morgan fingerprint density at radius 3 is 1.87 bits per heavy atom. The van der Waals surface area contributed by atoms with Crippen molar-refractivity contribution in [3.8, 4) is 0 Å². The summed E-state index contributed by atoms with van der Waals surface area (Å²) in [5.41, 5.74) is 0. The first-order valence-corrected chi connectivity index (χ1v) is 19.4. The van der Waals surface area contributed by atoms with Gasteiger partial charge < -0.3 is 18.9 Å². The summed E-state index contributed by atoms with van der Waals surface area (Å²) in [7, 11) is 1.65. The lowest BCUT2D eigenvalue weighted by Gasteiger charge is -2.24. The van der Waals surface area contributed by atoms with Gasteiger partial charge in [-0.3, -0.25) is 13.8 Å². The van der Waals surface area contributed by atoms with Crippen LogP contribution < -0.4 is 0 Å². The first kappa shape index (κ1) is 44.5. The van der Waals surface area contributed by atoms with Crippen molar-refractivity contribution < 1.29 is 37.3 Å². The number of allylic oxidation sites excluding steroid dienone is 8. The van der Waals surface area contributed by atoms with Crippen molar-refractivity contribution in [1.82, 2.24) is 0 Å². The summed E-state index contributed by atoms with van der Waals surface area (Å²) in [6, 6.07) is 0. The maximum absolute atomic E-state index is 12.3. The molecule has 1 N–H and O–H groups in total. The highest BCUT2D eigenvalue weighted by Gasteiger charge is 2.26. The van der Waals surface area contributed by atoms with Crippen molar-refractivity contribution in [2.45, 2.75) is 129 Å². The molecule has 9 heteroatoms. The van der Waals surface area contributed by atoms with Gasteiger partial charge in [0.1, 0.15) is 19.3 Å². The molecule has 0 amide bonds. The molecule has 268 valence electrons. The first-order valence-electron chi connectivity index (χ1n) is 17.9. The summed E-state index contributed by atoms with van der Waals surface area (Å²) in [4.78, 5) is 22.4. The molecule has 2 atom stereocenters. The summed E-state index contributed by atoms with van der Waals surface area (Å²) in [5, 5.41) is 0. The molecule has 0 radical (unpaired) electrons. The quantitative estimate of drug-likeness (QED) is 0.0251. The van der Waals surface area contributed by atoms with Crippen LogP contribution in [0.2, 0.25) is 0 Å². The molecular formula is C37H69NO7P+. The Morgan fingerprint density at radius 1 is 0.696 bits per heavy atom.